The van der Waals surface area contributed by atoms with Gasteiger partial charge in [-0.1, -0.05) is 42.0 Å². The number of hydrogen-bond donors (Lipinski definition) is 0. The molecular formula is C20H22O3. The van der Waals surface area contributed by atoms with E-state index in [0.717, 1.165) is 22.4 Å². The molecule has 3 heteroatoms. The summed E-state index contributed by atoms with van der Waals surface area (Å²) in [6.45, 7) is 5.10. The second kappa shape index (κ2) is 8.30. The van der Waals surface area contributed by atoms with Gasteiger partial charge in [0.1, 0.15) is 5.75 Å². The Labute approximate surface area is 137 Å². The predicted octanol–water partition coefficient (Wildman–Crippen LogP) is 4.44. The lowest BCUT2D eigenvalue weighted by molar-refractivity contribution is 0.104. The zero-order valence-corrected chi connectivity index (χ0v) is 13.8. The highest BCUT2D eigenvalue weighted by molar-refractivity contribution is 6.06. The Kier molecular flexibility index (Phi) is 6.12. The minimum atomic E-state index is -0.00724. The molecule has 2 aromatic rings. The third kappa shape index (κ3) is 4.80. The van der Waals surface area contributed by atoms with Gasteiger partial charge in [-0.3, -0.25) is 4.79 Å². The van der Waals surface area contributed by atoms with E-state index in [2.05, 4.69) is 0 Å². The Morgan fingerprint density at radius 2 is 1.87 bits per heavy atom. The van der Waals surface area contributed by atoms with Gasteiger partial charge < -0.3 is 9.47 Å². The monoisotopic (exact) mass is 310 g/mol. The van der Waals surface area contributed by atoms with E-state index < -0.39 is 0 Å². The molecule has 0 aliphatic heterocycles. The molecule has 23 heavy (non-hydrogen) atoms. The second-order valence-corrected chi connectivity index (χ2v) is 5.27. The standard InChI is InChI=1S/C20H22O3/c1-4-23-14-18-13-16(8-12-20(18)22-3)7-11-19(21)17-9-5-15(2)6-10-17/h5-13H,4,14H2,1-3H3/b11-7+. The average Bonchev–Trinajstić information content (AvgIpc) is 2.58. The van der Waals surface area contributed by atoms with E-state index in [9.17, 15) is 4.79 Å². The SMILES string of the molecule is CCOCc1cc(/C=C/C(=O)c2ccc(C)cc2)ccc1OC. The fourth-order valence-electron chi connectivity index (χ4n) is 2.21. The van der Waals surface area contributed by atoms with E-state index in [1.54, 1.807) is 13.2 Å². The van der Waals surface area contributed by atoms with Crippen LogP contribution in [0.3, 0.4) is 0 Å². The van der Waals surface area contributed by atoms with Crippen molar-refractivity contribution >= 4 is 11.9 Å². The van der Waals surface area contributed by atoms with Crippen molar-refractivity contribution in [1.82, 2.24) is 0 Å². The average molecular weight is 310 g/mol. The van der Waals surface area contributed by atoms with Crippen LogP contribution < -0.4 is 4.74 Å². The van der Waals surface area contributed by atoms with Gasteiger partial charge in [0.15, 0.2) is 5.78 Å². The highest BCUT2D eigenvalue weighted by Gasteiger charge is 2.05. The van der Waals surface area contributed by atoms with Crippen molar-refractivity contribution in [1.29, 1.82) is 0 Å². The Balaban J connectivity index is 2.15. The molecule has 0 unspecified atom stereocenters. The van der Waals surface area contributed by atoms with Crippen molar-refractivity contribution in [2.45, 2.75) is 20.5 Å². The number of ketones is 1. The van der Waals surface area contributed by atoms with Gasteiger partial charge in [0.2, 0.25) is 0 Å². The van der Waals surface area contributed by atoms with Crippen molar-refractivity contribution < 1.29 is 14.3 Å². The number of carbonyl (C=O) groups excluding carboxylic acids is 1. The van der Waals surface area contributed by atoms with Crippen LogP contribution >= 0.6 is 0 Å². The van der Waals surface area contributed by atoms with E-state index in [-0.39, 0.29) is 5.78 Å². The van der Waals surface area contributed by atoms with Crippen LogP contribution in [0.2, 0.25) is 0 Å². The van der Waals surface area contributed by atoms with Gasteiger partial charge in [0.05, 0.1) is 13.7 Å². The molecule has 0 aromatic heterocycles. The van der Waals surface area contributed by atoms with Crippen LogP contribution in [0.15, 0.2) is 48.5 Å². The summed E-state index contributed by atoms with van der Waals surface area (Å²) < 4.78 is 10.8. The zero-order valence-electron chi connectivity index (χ0n) is 13.8. The maximum absolute atomic E-state index is 12.2. The Morgan fingerprint density at radius 1 is 1.13 bits per heavy atom. The van der Waals surface area contributed by atoms with Gasteiger partial charge in [-0.05, 0) is 37.6 Å². The van der Waals surface area contributed by atoms with Crippen LogP contribution in [-0.4, -0.2) is 19.5 Å². The van der Waals surface area contributed by atoms with Gasteiger partial charge in [-0.15, -0.1) is 0 Å². The number of methoxy groups -OCH3 is 1. The minimum Gasteiger partial charge on any atom is -0.496 e. The summed E-state index contributed by atoms with van der Waals surface area (Å²) >= 11 is 0. The van der Waals surface area contributed by atoms with E-state index in [1.165, 1.54) is 0 Å². The molecule has 0 saturated heterocycles. The number of benzene rings is 2. The molecule has 0 atom stereocenters. The number of hydrogen-bond acceptors (Lipinski definition) is 3. The van der Waals surface area contributed by atoms with Crippen LogP contribution in [0.1, 0.15) is 34.0 Å². The Morgan fingerprint density at radius 3 is 2.52 bits per heavy atom. The highest BCUT2D eigenvalue weighted by Crippen LogP contribution is 2.21. The maximum atomic E-state index is 12.2. The Bertz CT molecular complexity index is 685. The van der Waals surface area contributed by atoms with Crippen LogP contribution in [0.4, 0.5) is 0 Å². The smallest absolute Gasteiger partial charge is 0.185 e. The highest BCUT2D eigenvalue weighted by atomic mass is 16.5. The molecule has 0 saturated carbocycles. The molecule has 2 rings (SSSR count). The topological polar surface area (TPSA) is 35.5 Å². The third-order valence-electron chi connectivity index (χ3n) is 3.53. The summed E-state index contributed by atoms with van der Waals surface area (Å²) in [6.07, 6.45) is 3.41. The summed E-state index contributed by atoms with van der Waals surface area (Å²) in [4.78, 5) is 12.2. The lowest BCUT2D eigenvalue weighted by Crippen LogP contribution is -1.97. The van der Waals surface area contributed by atoms with Gasteiger partial charge in [0, 0.05) is 17.7 Å². The summed E-state index contributed by atoms with van der Waals surface area (Å²) in [5, 5.41) is 0. The number of aryl methyl sites for hydroxylation is 1. The first-order valence-electron chi connectivity index (χ1n) is 7.67. The van der Waals surface area contributed by atoms with Crippen molar-refractivity contribution in [3.05, 3.63) is 70.8 Å². The van der Waals surface area contributed by atoms with E-state index in [1.807, 2.05) is 62.4 Å². The number of ether oxygens (including phenoxy) is 2. The van der Waals surface area contributed by atoms with Gasteiger partial charge >= 0.3 is 0 Å². The number of carbonyl (C=O) groups is 1. The quantitative estimate of drug-likeness (QED) is 0.560. The van der Waals surface area contributed by atoms with Crippen molar-refractivity contribution in [3.8, 4) is 5.75 Å². The van der Waals surface area contributed by atoms with Gasteiger partial charge in [0.25, 0.3) is 0 Å². The minimum absolute atomic E-state index is 0.00724. The normalized spacial score (nSPS) is 10.9. The van der Waals surface area contributed by atoms with Crippen molar-refractivity contribution in [2.75, 3.05) is 13.7 Å². The molecule has 0 N–H and O–H groups in total. The first-order chi connectivity index (χ1) is 11.1. The van der Waals surface area contributed by atoms with Crippen LogP contribution in [-0.2, 0) is 11.3 Å². The largest absolute Gasteiger partial charge is 0.496 e. The molecule has 0 radical (unpaired) electrons. The van der Waals surface area contributed by atoms with E-state index in [0.29, 0.717) is 18.8 Å². The van der Waals surface area contributed by atoms with Gasteiger partial charge in [-0.25, -0.2) is 0 Å². The summed E-state index contributed by atoms with van der Waals surface area (Å²) in [7, 11) is 1.64. The second-order valence-electron chi connectivity index (χ2n) is 5.27. The van der Waals surface area contributed by atoms with Crippen molar-refractivity contribution in [2.24, 2.45) is 0 Å². The molecule has 120 valence electrons. The number of rotatable bonds is 7. The van der Waals surface area contributed by atoms with Crippen LogP contribution in [0.5, 0.6) is 5.75 Å². The first-order valence-corrected chi connectivity index (χ1v) is 7.67. The maximum Gasteiger partial charge on any atom is 0.185 e. The lowest BCUT2D eigenvalue weighted by Gasteiger charge is -2.09. The molecule has 0 aliphatic rings. The molecule has 0 heterocycles. The summed E-state index contributed by atoms with van der Waals surface area (Å²) in [5.74, 6) is 0.785. The van der Waals surface area contributed by atoms with E-state index in [4.69, 9.17) is 9.47 Å². The molecular weight excluding hydrogens is 288 g/mol. The lowest BCUT2D eigenvalue weighted by atomic mass is 10.1. The van der Waals surface area contributed by atoms with Crippen molar-refractivity contribution in [3.63, 3.8) is 0 Å². The summed E-state index contributed by atoms with van der Waals surface area (Å²) in [6, 6.07) is 13.4. The molecule has 0 spiro atoms. The summed E-state index contributed by atoms with van der Waals surface area (Å²) in [5.41, 5.74) is 3.75. The van der Waals surface area contributed by atoms with Crippen LogP contribution in [0.25, 0.3) is 6.08 Å². The molecule has 0 amide bonds. The molecule has 0 aliphatic carbocycles. The fraction of sp³-hybridized carbons (Fsp3) is 0.250. The first kappa shape index (κ1) is 17.0. The molecule has 0 bridgehead atoms. The third-order valence-corrected chi connectivity index (χ3v) is 3.53. The molecule has 2 aromatic carbocycles. The number of allylic oxidation sites excluding steroid dienone is 1. The zero-order chi connectivity index (χ0) is 16.7. The van der Waals surface area contributed by atoms with Gasteiger partial charge in [-0.2, -0.15) is 0 Å². The van der Waals surface area contributed by atoms with E-state index >= 15 is 0 Å². The molecule has 0 fully saturated rings. The van der Waals surface area contributed by atoms with Crippen LogP contribution in [0, 0.1) is 6.92 Å². The fourth-order valence-corrected chi connectivity index (χ4v) is 2.21. The Hall–Kier alpha value is -2.39. The predicted molar refractivity (Wildman–Crippen MR) is 92.9 cm³/mol. The molecule has 3 nitrogen and oxygen atoms in total.